The monoisotopic (exact) mass is 388 g/mol. The van der Waals surface area contributed by atoms with E-state index in [2.05, 4.69) is 4.74 Å². The van der Waals surface area contributed by atoms with E-state index >= 15 is 0 Å². The van der Waals surface area contributed by atoms with Crippen molar-refractivity contribution in [3.8, 4) is 5.75 Å². The molecular weight excluding hydrogens is 375 g/mol. The van der Waals surface area contributed by atoms with Crippen LogP contribution >= 0.6 is 0 Å². The van der Waals surface area contributed by atoms with Gasteiger partial charge in [-0.05, 0) is 30.3 Å². The zero-order valence-corrected chi connectivity index (χ0v) is 13.8. The maximum absolute atomic E-state index is 14.0. The summed E-state index contributed by atoms with van der Waals surface area (Å²) in [6, 6.07) is 8.60. The second-order valence-corrected chi connectivity index (χ2v) is 5.36. The van der Waals surface area contributed by atoms with E-state index < -0.39 is 47.1 Å². The first kappa shape index (κ1) is 20.3. The first-order valence-electron chi connectivity index (χ1n) is 7.46. The molecule has 0 radical (unpaired) electrons. The number of halogens is 5. The van der Waals surface area contributed by atoms with Crippen molar-refractivity contribution in [2.45, 2.75) is 18.7 Å². The number of Topliss-reactive ketones (excluding diaryl/α,β-unsaturated/α-hetero) is 1. The molecule has 2 aromatic carbocycles. The lowest BCUT2D eigenvalue weighted by molar-refractivity contribution is -0.167. The van der Waals surface area contributed by atoms with Crippen LogP contribution in [0.2, 0.25) is 0 Å². The van der Waals surface area contributed by atoms with Crippen molar-refractivity contribution in [1.29, 1.82) is 0 Å². The maximum atomic E-state index is 14.0. The molecule has 0 unspecified atom stereocenters. The average Bonchev–Trinajstić information content (AvgIpc) is 2.64. The van der Waals surface area contributed by atoms with Crippen LogP contribution in [0.25, 0.3) is 0 Å². The fourth-order valence-electron chi connectivity index (χ4n) is 2.17. The van der Waals surface area contributed by atoms with E-state index in [1.807, 2.05) is 0 Å². The van der Waals surface area contributed by atoms with Crippen LogP contribution in [-0.2, 0) is 22.3 Å². The molecule has 0 aliphatic rings. The molecule has 0 saturated carbocycles. The molecule has 4 nitrogen and oxygen atoms in total. The van der Waals surface area contributed by atoms with Crippen LogP contribution in [-0.4, -0.2) is 24.8 Å². The van der Waals surface area contributed by atoms with E-state index in [1.54, 1.807) is 0 Å². The van der Waals surface area contributed by atoms with Crippen molar-refractivity contribution in [1.82, 2.24) is 0 Å². The van der Waals surface area contributed by atoms with Crippen LogP contribution in [0, 0.1) is 0 Å². The molecule has 0 amide bonds. The van der Waals surface area contributed by atoms with Gasteiger partial charge >= 0.3 is 18.1 Å². The summed E-state index contributed by atoms with van der Waals surface area (Å²) in [5.74, 6) is -8.32. The molecule has 0 saturated heterocycles. The third-order valence-electron chi connectivity index (χ3n) is 3.58. The predicted octanol–water partition coefficient (Wildman–Crippen LogP) is 4.28. The number of carbonyl (C=O) groups excluding carboxylic acids is 2. The fraction of sp³-hybridized carbons (Fsp3) is 0.222. The lowest BCUT2D eigenvalue weighted by Gasteiger charge is -2.16. The molecule has 27 heavy (non-hydrogen) atoms. The molecule has 0 aliphatic heterocycles. The molecule has 0 heterocycles. The minimum atomic E-state index is -4.75. The van der Waals surface area contributed by atoms with E-state index in [0.29, 0.717) is 5.75 Å². The zero-order valence-electron chi connectivity index (χ0n) is 13.8. The molecule has 0 spiro atoms. The second kappa shape index (κ2) is 7.73. The summed E-state index contributed by atoms with van der Waals surface area (Å²) < 4.78 is 75.8. The Hall–Kier alpha value is -2.97. The average molecular weight is 388 g/mol. The summed E-state index contributed by atoms with van der Waals surface area (Å²) in [4.78, 5) is 23.5. The Morgan fingerprint density at radius 3 is 2.07 bits per heavy atom. The lowest BCUT2D eigenvalue weighted by Crippen LogP contribution is -2.39. The first-order chi connectivity index (χ1) is 12.6. The molecule has 0 atom stereocenters. The minimum Gasteiger partial charge on any atom is -0.497 e. The Bertz CT molecular complexity index is 828. The molecule has 0 aromatic heterocycles. The van der Waals surface area contributed by atoms with Gasteiger partial charge in [0.25, 0.3) is 0 Å². The topological polar surface area (TPSA) is 52.6 Å². The summed E-state index contributed by atoms with van der Waals surface area (Å²) >= 11 is 0. The molecule has 2 aromatic rings. The number of esters is 1. The third kappa shape index (κ3) is 4.60. The number of methoxy groups -OCH3 is 1. The van der Waals surface area contributed by atoms with Crippen molar-refractivity contribution >= 4 is 11.8 Å². The lowest BCUT2D eigenvalue weighted by atomic mass is 10.1. The molecule has 2 rings (SSSR count). The van der Waals surface area contributed by atoms with Gasteiger partial charge < -0.3 is 9.47 Å². The Morgan fingerprint density at radius 2 is 1.52 bits per heavy atom. The van der Waals surface area contributed by atoms with Crippen LogP contribution in [0.1, 0.15) is 21.5 Å². The maximum Gasteiger partial charge on any atom is 0.416 e. The van der Waals surface area contributed by atoms with E-state index in [-0.39, 0.29) is 0 Å². The summed E-state index contributed by atoms with van der Waals surface area (Å²) in [7, 11) is 1.33. The number of rotatable bonds is 6. The van der Waals surface area contributed by atoms with E-state index in [1.165, 1.54) is 25.3 Å². The van der Waals surface area contributed by atoms with Crippen LogP contribution in [0.5, 0.6) is 5.75 Å². The van der Waals surface area contributed by atoms with Crippen molar-refractivity contribution in [3.05, 3.63) is 65.2 Å². The van der Waals surface area contributed by atoms with Crippen molar-refractivity contribution in [2.75, 3.05) is 7.11 Å². The van der Waals surface area contributed by atoms with Gasteiger partial charge in [-0.3, -0.25) is 4.79 Å². The van der Waals surface area contributed by atoms with Gasteiger partial charge in [0, 0.05) is 11.1 Å². The molecular formula is C18H13F5O4. The highest BCUT2D eigenvalue weighted by molar-refractivity contribution is 6.13. The number of hydrogen-bond acceptors (Lipinski definition) is 4. The summed E-state index contributed by atoms with van der Waals surface area (Å²) in [5.41, 5.74) is -2.11. The molecule has 0 bridgehead atoms. The highest BCUT2D eigenvalue weighted by atomic mass is 19.4. The molecule has 9 heteroatoms. The number of hydrogen-bond donors (Lipinski definition) is 0. The second-order valence-electron chi connectivity index (χ2n) is 5.36. The fourth-order valence-corrected chi connectivity index (χ4v) is 2.17. The van der Waals surface area contributed by atoms with Crippen LogP contribution < -0.4 is 4.74 Å². The Balaban J connectivity index is 2.13. The molecule has 0 fully saturated rings. The van der Waals surface area contributed by atoms with Gasteiger partial charge in [0.05, 0.1) is 12.7 Å². The Morgan fingerprint density at radius 1 is 0.926 bits per heavy atom. The highest BCUT2D eigenvalue weighted by Gasteiger charge is 2.49. The number of alkyl halides is 5. The minimum absolute atomic E-state index is 0.307. The summed E-state index contributed by atoms with van der Waals surface area (Å²) in [6.45, 7) is -1.06. The largest absolute Gasteiger partial charge is 0.497 e. The third-order valence-corrected chi connectivity index (χ3v) is 3.58. The molecule has 0 aliphatic carbocycles. The number of benzene rings is 2. The van der Waals surface area contributed by atoms with Gasteiger partial charge in [-0.15, -0.1) is 0 Å². The highest BCUT2D eigenvalue weighted by Crippen LogP contribution is 2.32. The van der Waals surface area contributed by atoms with Crippen LogP contribution in [0.15, 0.2) is 48.5 Å². The van der Waals surface area contributed by atoms with E-state index in [4.69, 9.17) is 4.74 Å². The first-order valence-corrected chi connectivity index (χ1v) is 7.46. The number of carbonyl (C=O) groups is 2. The zero-order chi connectivity index (χ0) is 20.2. The van der Waals surface area contributed by atoms with Crippen LogP contribution in [0.3, 0.4) is 0 Å². The van der Waals surface area contributed by atoms with Crippen molar-refractivity contribution in [3.63, 3.8) is 0 Å². The van der Waals surface area contributed by atoms with Crippen molar-refractivity contribution in [2.24, 2.45) is 0 Å². The number of ketones is 1. The van der Waals surface area contributed by atoms with Gasteiger partial charge in [-0.2, -0.15) is 22.0 Å². The predicted molar refractivity (Wildman–Crippen MR) is 83.5 cm³/mol. The Labute approximate surface area is 150 Å². The van der Waals surface area contributed by atoms with Crippen LogP contribution in [0.4, 0.5) is 22.0 Å². The summed E-state index contributed by atoms with van der Waals surface area (Å²) in [5, 5.41) is 0. The quantitative estimate of drug-likeness (QED) is 0.321. The molecule has 144 valence electrons. The van der Waals surface area contributed by atoms with E-state index in [9.17, 15) is 31.5 Å². The summed E-state index contributed by atoms with van der Waals surface area (Å²) in [6.07, 6.45) is -4.75. The van der Waals surface area contributed by atoms with Gasteiger partial charge in [-0.25, -0.2) is 4.79 Å². The van der Waals surface area contributed by atoms with Gasteiger partial charge in [0.15, 0.2) is 0 Å². The standard InChI is InChI=1S/C18H13F5O4/c1-26-13-8-6-11(7-9-13)15(24)17(19,20)16(25)27-10-12-4-2-3-5-14(12)18(21,22)23/h2-9H,10H2,1H3. The van der Waals surface area contributed by atoms with Crippen molar-refractivity contribution < 1.29 is 41.0 Å². The SMILES string of the molecule is COc1ccc(C(=O)C(F)(F)C(=O)OCc2ccccc2C(F)(F)F)cc1. The van der Waals surface area contributed by atoms with Gasteiger partial charge in [0.2, 0.25) is 5.78 Å². The van der Waals surface area contributed by atoms with E-state index in [0.717, 1.165) is 30.3 Å². The molecule has 0 N–H and O–H groups in total. The van der Waals surface area contributed by atoms with Gasteiger partial charge in [0.1, 0.15) is 12.4 Å². The smallest absolute Gasteiger partial charge is 0.416 e. The number of ether oxygens (including phenoxy) is 2. The Kier molecular flexibility index (Phi) is 5.82. The van der Waals surface area contributed by atoms with Gasteiger partial charge in [-0.1, -0.05) is 18.2 Å². The normalized spacial score (nSPS) is 11.8.